The van der Waals surface area contributed by atoms with Gasteiger partial charge in [-0.2, -0.15) is 0 Å². The molecule has 1 aromatic rings. The Kier molecular flexibility index (Phi) is 4.37. The van der Waals surface area contributed by atoms with Gasteiger partial charge in [0.25, 0.3) is 0 Å². The number of nitrogens with two attached hydrogens (primary N) is 1. The molecule has 104 valence electrons. The van der Waals surface area contributed by atoms with Crippen LogP contribution in [0.25, 0.3) is 0 Å². The molecule has 0 atom stereocenters. The molecule has 2 N–H and O–H groups in total. The molecule has 5 nitrogen and oxygen atoms in total. The topological polar surface area (TPSA) is 68.5 Å². The van der Waals surface area contributed by atoms with Crippen molar-refractivity contribution in [3.8, 4) is 0 Å². The van der Waals surface area contributed by atoms with E-state index in [0.29, 0.717) is 23.5 Å². The SMILES string of the molecule is COC(=O)c1cccnc1N(C)C1CCC(N)CC1. The van der Waals surface area contributed by atoms with Crippen molar-refractivity contribution in [3.63, 3.8) is 0 Å². The molecule has 0 saturated heterocycles. The molecule has 5 heteroatoms. The minimum absolute atomic E-state index is 0.313. The Morgan fingerprint density at radius 3 is 2.74 bits per heavy atom. The number of hydrogen-bond donors (Lipinski definition) is 1. The predicted octanol–water partition coefficient (Wildman–Crippen LogP) is 1.57. The van der Waals surface area contributed by atoms with E-state index in [1.807, 2.05) is 7.05 Å². The number of esters is 1. The van der Waals surface area contributed by atoms with Crippen molar-refractivity contribution in [1.29, 1.82) is 0 Å². The molecular weight excluding hydrogens is 242 g/mol. The molecule has 0 aromatic carbocycles. The lowest BCUT2D eigenvalue weighted by molar-refractivity contribution is 0.0601. The van der Waals surface area contributed by atoms with Gasteiger partial charge in [0.15, 0.2) is 0 Å². The van der Waals surface area contributed by atoms with Crippen LogP contribution in [0.4, 0.5) is 5.82 Å². The summed E-state index contributed by atoms with van der Waals surface area (Å²) in [6, 6.07) is 4.20. The molecule has 0 radical (unpaired) electrons. The van der Waals surface area contributed by atoms with Crippen LogP contribution in [0.5, 0.6) is 0 Å². The number of carbonyl (C=O) groups excluding carboxylic acids is 1. The number of pyridine rings is 1. The number of anilines is 1. The summed E-state index contributed by atoms with van der Waals surface area (Å²) >= 11 is 0. The Labute approximate surface area is 113 Å². The second kappa shape index (κ2) is 6.02. The molecule has 0 bridgehead atoms. The van der Waals surface area contributed by atoms with Gasteiger partial charge in [-0.1, -0.05) is 0 Å². The average Bonchev–Trinajstić information content (AvgIpc) is 2.46. The molecule has 0 amide bonds. The summed E-state index contributed by atoms with van der Waals surface area (Å²) in [5.41, 5.74) is 6.44. The minimum Gasteiger partial charge on any atom is -0.465 e. The fraction of sp³-hybridized carbons (Fsp3) is 0.571. The smallest absolute Gasteiger partial charge is 0.341 e. The fourth-order valence-electron chi connectivity index (χ4n) is 2.61. The zero-order valence-electron chi connectivity index (χ0n) is 11.5. The van der Waals surface area contributed by atoms with Crippen LogP contribution >= 0.6 is 0 Å². The second-order valence-electron chi connectivity index (χ2n) is 5.05. The summed E-state index contributed by atoms with van der Waals surface area (Å²) in [7, 11) is 3.37. The maximum Gasteiger partial charge on any atom is 0.341 e. The van der Waals surface area contributed by atoms with Gasteiger partial charge in [-0.05, 0) is 37.8 Å². The van der Waals surface area contributed by atoms with Gasteiger partial charge in [0, 0.05) is 25.3 Å². The first-order chi connectivity index (χ1) is 9.13. The largest absolute Gasteiger partial charge is 0.465 e. The van der Waals surface area contributed by atoms with Gasteiger partial charge in [0.2, 0.25) is 0 Å². The lowest BCUT2D eigenvalue weighted by atomic mass is 9.91. The highest BCUT2D eigenvalue weighted by Crippen LogP contribution is 2.26. The molecule has 1 aromatic heterocycles. The zero-order chi connectivity index (χ0) is 13.8. The monoisotopic (exact) mass is 263 g/mol. The summed E-state index contributed by atoms with van der Waals surface area (Å²) in [5.74, 6) is 0.345. The van der Waals surface area contributed by atoms with Crippen LogP contribution in [0.3, 0.4) is 0 Å². The van der Waals surface area contributed by atoms with Crippen molar-refractivity contribution < 1.29 is 9.53 Å². The van der Waals surface area contributed by atoms with E-state index in [4.69, 9.17) is 10.5 Å². The van der Waals surface area contributed by atoms with Gasteiger partial charge < -0.3 is 15.4 Å². The highest BCUT2D eigenvalue weighted by atomic mass is 16.5. The first-order valence-corrected chi connectivity index (χ1v) is 6.65. The van der Waals surface area contributed by atoms with Gasteiger partial charge >= 0.3 is 5.97 Å². The molecule has 1 saturated carbocycles. The lowest BCUT2D eigenvalue weighted by Crippen LogP contribution is -2.39. The molecule has 0 unspecified atom stereocenters. The van der Waals surface area contributed by atoms with Crippen molar-refractivity contribution in [2.24, 2.45) is 5.73 Å². The zero-order valence-corrected chi connectivity index (χ0v) is 11.5. The van der Waals surface area contributed by atoms with Crippen LogP contribution in [0, 0.1) is 0 Å². The quantitative estimate of drug-likeness (QED) is 0.838. The Hall–Kier alpha value is -1.62. The maximum atomic E-state index is 11.8. The summed E-state index contributed by atoms with van der Waals surface area (Å²) < 4.78 is 4.81. The van der Waals surface area contributed by atoms with Crippen LogP contribution in [0.2, 0.25) is 0 Å². The van der Waals surface area contributed by atoms with Crippen molar-refractivity contribution in [2.45, 2.75) is 37.8 Å². The molecule has 0 spiro atoms. The number of nitrogens with zero attached hydrogens (tertiary/aromatic N) is 2. The maximum absolute atomic E-state index is 11.8. The number of ether oxygens (including phenoxy) is 1. The minimum atomic E-state index is -0.345. The molecule has 1 aliphatic rings. The van der Waals surface area contributed by atoms with Crippen LogP contribution in [0.1, 0.15) is 36.0 Å². The highest BCUT2D eigenvalue weighted by Gasteiger charge is 2.25. The molecule has 19 heavy (non-hydrogen) atoms. The van der Waals surface area contributed by atoms with Crippen molar-refractivity contribution in [2.75, 3.05) is 19.1 Å². The van der Waals surface area contributed by atoms with Crippen molar-refractivity contribution in [3.05, 3.63) is 23.9 Å². The van der Waals surface area contributed by atoms with E-state index in [1.165, 1.54) is 7.11 Å². The average molecular weight is 263 g/mol. The van der Waals surface area contributed by atoms with Crippen LogP contribution < -0.4 is 10.6 Å². The number of rotatable bonds is 3. The van der Waals surface area contributed by atoms with Crippen LogP contribution in [-0.2, 0) is 4.74 Å². The van der Waals surface area contributed by atoms with E-state index in [1.54, 1.807) is 18.3 Å². The molecule has 1 fully saturated rings. The number of hydrogen-bond acceptors (Lipinski definition) is 5. The van der Waals surface area contributed by atoms with Crippen molar-refractivity contribution in [1.82, 2.24) is 4.98 Å². The summed E-state index contributed by atoms with van der Waals surface area (Å²) in [6.07, 6.45) is 5.82. The third-order valence-electron chi connectivity index (χ3n) is 3.82. The van der Waals surface area contributed by atoms with E-state index >= 15 is 0 Å². The van der Waals surface area contributed by atoms with Gasteiger partial charge in [-0.25, -0.2) is 9.78 Å². The van der Waals surface area contributed by atoms with E-state index in [2.05, 4.69) is 9.88 Å². The predicted molar refractivity (Wildman–Crippen MR) is 74.2 cm³/mol. The third-order valence-corrected chi connectivity index (χ3v) is 3.82. The Balaban J connectivity index is 2.19. The first-order valence-electron chi connectivity index (χ1n) is 6.65. The second-order valence-corrected chi connectivity index (χ2v) is 5.05. The molecule has 0 aliphatic heterocycles. The van der Waals surface area contributed by atoms with Gasteiger partial charge in [0.1, 0.15) is 11.4 Å². The van der Waals surface area contributed by atoms with Crippen molar-refractivity contribution >= 4 is 11.8 Å². The van der Waals surface area contributed by atoms with Gasteiger partial charge in [-0.3, -0.25) is 0 Å². The first kappa shape index (κ1) is 13.8. The van der Waals surface area contributed by atoms with Crippen LogP contribution in [-0.4, -0.2) is 37.2 Å². The normalized spacial score (nSPS) is 22.9. The van der Waals surface area contributed by atoms with E-state index in [-0.39, 0.29) is 5.97 Å². The third kappa shape index (κ3) is 3.04. The number of aromatic nitrogens is 1. The van der Waals surface area contributed by atoms with Gasteiger partial charge in [-0.15, -0.1) is 0 Å². The molecule has 2 rings (SSSR count). The Bertz CT molecular complexity index is 442. The molecule has 1 heterocycles. The number of methoxy groups -OCH3 is 1. The fourth-order valence-corrected chi connectivity index (χ4v) is 2.61. The van der Waals surface area contributed by atoms with Crippen LogP contribution in [0.15, 0.2) is 18.3 Å². The molecular formula is C14H21N3O2. The summed E-state index contributed by atoms with van der Waals surface area (Å²) in [4.78, 5) is 18.2. The number of carbonyl (C=O) groups is 1. The Morgan fingerprint density at radius 1 is 1.42 bits per heavy atom. The Morgan fingerprint density at radius 2 is 2.11 bits per heavy atom. The van der Waals surface area contributed by atoms with E-state index < -0.39 is 0 Å². The summed E-state index contributed by atoms with van der Waals surface area (Å²) in [6.45, 7) is 0. The summed E-state index contributed by atoms with van der Waals surface area (Å²) in [5, 5.41) is 0. The van der Waals surface area contributed by atoms with E-state index in [9.17, 15) is 4.79 Å². The standard InChI is InChI=1S/C14H21N3O2/c1-17(11-7-5-10(15)6-8-11)13-12(14(18)19-2)4-3-9-16-13/h3-4,9-11H,5-8,15H2,1-2H3. The van der Waals surface area contributed by atoms with Gasteiger partial charge in [0.05, 0.1) is 7.11 Å². The molecule has 1 aliphatic carbocycles. The van der Waals surface area contributed by atoms with E-state index in [0.717, 1.165) is 25.7 Å². The lowest BCUT2D eigenvalue weighted by Gasteiger charge is -2.34. The highest BCUT2D eigenvalue weighted by molar-refractivity contribution is 5.94.